The number of nitrogens with zero attached hydrogens (tertiary/aromatic N) is 1. The molecule has 1 fully saturated rings. The lowest BCUT2D eigenvalue weighted by molar-refractivity contribution is 0.445. The van der Waals surface area contributed by atoms with E-state index in [1.54, 1.807) is 5.56 Å². The van der Waals surface area contributed by atoms with Crippen molar-refractivity contribution in [3.05, 3.63) is 60.2 Å². The van der Waals surface area contributed by atoms with Crippen LogP contribution in [0.5, 0.6) is 0 Å². The molecule has 0 radical (unpaired) electrons. The number of aromatic nitrogens is 1. The van der Waals surface area contributed by atoms with E-state index in [2.05, 4.69) is 66.2 Å². The first-order chi connectivity index (χ1) is 13.3. The third kappa shape index (κ3) is 2.17. The molecule has 2 heteroatoms. The van der Waals surface area contributed by atoms with Crippen molar-refractivity contribution < 1.29 is 0 Å². The molecule has 0 spiro atoms. The Morgan fingerprint density at radius 1 is 0.815 bits per heavy atom. The van der Waals surface area contributed by atoms with Crippen LogP contribution in [-0.2, 0) is 7.05 Å². The summed E-state index contributed by atoms with van der Waals surface area (Å²) in [5, 5.41) is 5.72. The molecule has 2 heterocycles. The summed E-state index contributed by atoms with van der Waals surface area (Å²) in [6, 6.07) is 20.5. The lowest BCUT2D eigenvalue weighted by Crippen LogP contribution is -2.04. The highest BCUT2D eigenvalue weighted by atomic mass is 32.1. The van der Waals surface area contributed by atoms with Gasteiger partial charge in [0.25, 0.3) is 0 Å². The normalized spacial score (nSPS) is 16.2. The van der Waals surface area contributed by atoms with Crippen LogP contribution in [0.4, 0.5) is 0 Å². The van der Waals surface area contributed by atoms with Crippen LogP contribution in [-0.4, -0.2) is 4.57 Å². The molecule has 1 nitrogen and oxygen atoms in total. The molecule has 0 amide bonds. The van der Waals surface area contributed by atoms with Gasteiger partial charge in [-0.15, -0.1) is 11.3 Å². The molecule has 1 aliphatic carbocycles. The van der Waals surface area contributed by atoms with Gasteiger partial charge in [0.1, 0.15) is 0 Å². The molecular formula is C25H23NS. The van der Waals surface area contributed by atoms with Gasteiger partial charge in [-0.1, -0.05) is 61.7 Å². The molecule has 1 saturated carbocycles. The van der Waals surface area contributed by atoms with E-state index in [4.69, 9.17) is 0 Å². The summed E-state index contributed by atoms with van der Waals surface area (Å²) >= 11 is 1.94. The van der Waals surface area contributed by atoms with Crippen molar-refractivity contribution in [3.8, 4) is 0 Å². The molecule has 1 aliphatic rings. The predicted octanol–water partition coefficient (Wildman–Crippen LogP) is 7.75. The molecule has 0 aliphatic heterocycles. The maximum Gasteiger partial charge on any atom is 0.0670 e. The minimum absolute atomic E-state index is 0.728. The summed E-state index contributed by atoms with van der Waals surface area (Å²) in [6.07, 6.45) is 6.87. The van der Waals surface area contributed by atoms with Gasteiger partial charge in [-0.2, -0.15) is 0 Å². The second-order valence-corrected chi connectivity index (χ2v) is 9.12. The Morgan fingerprint density at radius 3 is 2.52 bits per heavy atom. The van der Waals surface area contributed by atoms with Gasteiger partial charge < -0.3 is 4.57 Å². The van der Waals surface area contributed by atoms with Gasteiger partial charge in [0, 0.05) is 38.8 Å². The Labute approximate surface area is 163 Å². The average Bonchev–Trinajstić information content (AvgIpc) is 3.24. The largest absolute Gasteiger partial charge is 0.342 e. The van der Waals surface area contributed by atoms with Gasteiger partial charge in [-0.05, 0) is 36.5 Å². The summed E-state index contributed by atoms with van der Waals surface area (Å²) in [5.41, 5.74) is 4.38. The van der Waals surface area contributed by atoms with Crippen LogP contribution < -0.4 is 0 Å². The molecule has 134 valence electrons. The van der Waals surface area contributed by atoms with Crippen LogP contribution in [0, 0.1) is 0 Å². The maximum absolute atomic E-state index is 2.44. The second-order valence-electron chi connectivity index (χ2n) is 8.07. The summed E-state index contributed by atoms with van der Waals surface area (Å²) < 4.78 is 5.26. The lowest BCUT2D eigenvalue weighted by atomic mass is 9.82. The second kappa shape index (κ2) is 5.84. The molecule has 0 atom stereocenters. The molecule has 2 aromatic heterocycles. The minimum Gasteiger partial charge on any atom is -0.342 e. The molecule has 0 unspecified atom stereocenters. The first kappa shape index (κ1) is 15.7. The summed E-state index contributed by atoms with van der Waals surface area (Å²) in [4.78, 5) is 0. The number of hydrogen-bond acceptors (Lipinski definition) is 1. The Balaban J connectivity index is 1.75. The zero-order chi connectivity index (χ0) is 18.0. The first-order valence-corrected chi connectivity index (χ1v) is 11.0. The van der Waals surface area contributed by atoms with E-state index in [1.165, 1.54) is 74.1 Å². The molecule has 0 saturated heterocycles. The number of aryl methyl sites for hydroxylation is 1. The number of fused-ring (bicyclic) bond motifs is 7. The predicted molar refractivity (Wildman–Crippen MR) is 119 cm³/mol. The zero-order valence-corrected chi connectivity index (χ0v) is 16.5. The van der Waals surface area contributed by atoms with Crippen LogP contribution >= 0.6 is 11.3 Å². The van der Waals surface area contributed by atoms with Crippen molar-refractivity contribution in [1.29, 1.82) is 0 Å². The quantitative estimate of drug-likeness (QED) is 0.285. The zero-order valence-electron chi connectivity index (χ0n) is 15.7. The fourth-order valence-corrected chi connectivity index (χ4v) is 6.60. The fourth-order valence-electron chi connectivity index (χ4n) is 5.31. The van der Waals surface area contributed by atoms with E-state index in [0.717, 1.165) is 5.92 Å². The van der Waals surface area contributed by atoms with E-state index in [0.29, 0.717) is 0 Å². The number of benzene rings is 3. The lowest BCUT2D eigenvalue weighted by Gasteiger charge is -2.23. The maximum atomic E-state index is 2.44. The van der Waals surface area contributed by atoms with E-state index in [1.807, 2.05) is 11.3 Å². The van der Waals surface area contributed by atoms with E-state index >= 15 is 0 Å². The van der Waals surface area contributed by atoms with Gasteiger partial charge in [0.15, 0.2) is 0 Å². The Bertz CT molecular complexity index is 1310. The van der Waals surface area contributed by atoms with Crippen LogP contribution in [0.3, 0.4) is 0 Å². The summed E-state index contributed by atoms with van der Waals surface area (Å²) in [7, 11) is 2.25. The van der Waals surface area contributed by atoms with Gasteiger partial charge >= 0.3 is 0 Å². The summed E-state index contributed by atoms with van der Waals surface area (Å²) in [6.45, 7) is 0. The number of rotatable bonds is 1. The number of hydrogen-bond donors (Lipinski definition) is 0. The van der Waals surface area contributed by atoms with Crippen molar-refractivity contribution in [2.75, 3.05) is 0 Å². The van der Waals surface area contributed by atoms with Crippen LogP contribution in [0.2, 0.25) is 0 Å². The average molecular weight is 370 g/mol. The van der Waals surface area contributed by atoms with Gasteiger partial charge in [-0.3, -0.25) is 0 Å². The molecular weight excluding hydrogens is 346 g/mol. The molecule has 0 N–H and O–H groups in total. The highest BCUT2D eigenvalue weighted by Gasteiger charge is 2.22. The highest BCUT2D eigenvalue weighted by molar-refractivity contribution is 7.26. The molecule has 6 rings (SSSR count). The van der Waals surface area contributed by atoms with Crippen molar-refractivity contribution in [2.45, 2.75) is 38.0 Å². The standard InChI is InChI=1S/C25H23NS/c1-26-21-12-7-11-17(16-8-3-2-4-9-16)23(21)20-15-14-19-18-10-5-6-13-22(18)27-25(19)24(20)26/h5-7,10-16H,2-4,8-9H2,1H3. The topological polar surface area (TPSA) is 4.93 Å². The fraction of sp³-hybridized carbons (Fsp3) is 0.280. The summed E-state index contributed by atoms with van der Waals surface area (Å²) in [5.74, 6) is 0.728. The number of thiophene rings is 1. The smallest absolute Gasteiger partial charge is 0.0670 e. The third-order valence-electron chi connectivity index (χ3n) is 6.61. The van der Waals surface area contributed by atoms with Crippen molar-refractivity contribution in [3.63, 3.8) is 0 Å². The van der Waals surface area contributed by atoms with Crippen molar-refractivity contribution in [1.82, 2.24) is 4.57 Å². The van der Waals surface area contributed by atoms with Crippen molar-refractivity contribution in [2.24, 2.45) is 7.05 Å². The SMILES string of the molecule is Cn1c2cccc(C3CCCCC3)c2c2ccc3c4ccccc4sc3c21. The Kier molecular flexibility index (Phi) is 3.40. The van der Waals surface area contributed by atoms with Crippen molar-refractivity contribution >= 4 is 53.3 Å². The van der Waals surface area contributed by atoms with Crippen LogP contribution in [0.1, 0.15) is 43.6 Å². The first-order valence-electron chi connectivity index (χ1n) is 10.1. The van der Waals surface area contributed by atoms with Gasteiger partial charge in [0.2, 0.25) is 0 Å². The van der Waals surface area contributed by atoms with E-state index in [-0.39, 0.29) is 0 Å². The minimum atomic E-state index is 0.728. The van der Waals surface area contributed by atoms with Crippen LogP contribution in [0.25, 0.3) is 42.0 Å². The van der Waals surface area contributed by atoms with Crippen LogP contribution in [0.15, 0.2) is 54.6 Å². The third-order valence-corrected chi connectivity index (χ3v) is 7.80. The van der Waals surface area contributed by atoms with Gasteiger partial charge in [0.05, 0.1) is 10.2 Å². The molecule has 3 aromatic carbocycles. The Morgan fingerprint density at radius 2 is 1.63 bits per heavy atom. The Hall–Kier alpha value is -2.32. The molecule has 0 bridgehead atoms. The highest BCUT2D eigenvalue weighted by Crippen LogP contribution is 2.44. The van der Waals surface area contributed by atoms with E-state index < -0.39 is 0 Å². The van der Waals surface area contributed by atoms with E-state index in [9.17, 15) is 0 Å². The molecule has 27 heavy (non-hydrogen) atoms. The van der Waals surface area contributed by atoms with Gasteiger partial charge in [-0.25, -0.2) is 0 Å². The monoisotopic (exact) mass is 369 g/mol. The molecule has 5 aromatic rings.